The summed E-state index contributed by atoms with van der Waals surface area (Å²) >= 11 is 5.70. The van der Waals surface area contributed by atoms with Gasteiger partial charge in [-0.05, 0) is 20.3 Å². The van der Waals surface area contributed by atoms with E-state index in [2.05, 4.69) is 19.2 Å². The second-order valence-electron chi connectivity index (χ2n) is 4.68. The maximum atomic E-state index is 11.4. The lowest BCUT2D eigenvalue weighted by Crippen LogP contribution is -2.62. The van der Waals surface area contributed by atoms with Crippen molar-refractivity contribution in [2.24, 2.45) is 5.41 Å². The molecule has 0 aromatic heterocycles. The fourth-order valence-electron chi connectivity index (χ4n) is 1.90. The van der Waals surface area contributed by atoms with Gasteiger partial charge in [0.25, 0.3) is 0 Å². The van der Waals surface area contributed by atoms with Crippen LogP contribution in [0.1, 0.15) is 34.1 Å². The first-order valence-electron chi connectivity index (χ1n) is 5.45. The van der Waals surface area contributed by atoms with Crippen molar-refractivity contribution in [2.45, 2.75) is 51.6 Å². The maximum absolute atomic E-state index is 11.4. The highest BCUT2D eigenvalue weighted by Crippen LogP contribution is 2.42. The van der Waals surface area contributed by atoms with Crippen molar-refractivity contribution in [3.05, 3.63) is 0 Å². The highest BCUT2D eigenvalue weighted by atomic mass is 35.5. The molecule has 4 heteroatoms. The van der Waals surface area contributed by atoms with Crippen LogP contribution in [0.2, 0.25) is 0 Å². The largest absolute Gasteiger partial charge is 0.378 e. The molecule has 1 aliphatic carbocycles. The lowest BCUT2D eigenvalue weighted by atomic mass is 9.64. The van der Waals surface area contributed by atoms with Gasteiger partial charge in [-0.3, -0.25) is 4.79 Å². The van der Waals surface area contributed by atoms with Gasteiger partial charge in [-0.25, -0.2) is 0 Å². The van der Waals surface area contributed by atoms with Gasteiger partial charge in [0.05, 0.1) is 6.10 Å². The summed E-state index contributed by atoms with van der Waals surface area (Å²) in [5.74, 6) is -0.0929. The molecule has 0 spiro atoms. The van der Waals surface area contributed by atoms with Crippen molar-refractivity contribution in [1.82, 2.24) is 5.32 Å². The van der Waals surface area contributed by atoms with Crippen LogP contribution in [0.15, 0.2) is 0 Å². The van der Waals surface area contributed by atoms with Crippen LogP contribution in [0.5, 0.6) is 0 Å². The Labute approximate surface area is 96.5 Å². The zero-order chi connectivity index (χ0) is 11.6. The van der Waals surface area contributed by atoms with Gasteiger partial charge < -0.3 is 10.1 Å². The van der Waals surface area contributed by atoms with E-state index in [9.17, 15) is 4.79 Å². The summed E-state index contributed by atoms with van der Waals surface area (Å²) < 4.78 is 5.58. The number of halogens is 1. The quantitative estimate of drug-likeness (QED) is 0.754. The fraction of sp³-hybridized carbons (Fsp3) is 0.909. The van der Waals surface area contributed by atoms with Crippen LogP contribution in [0.3, 0.4) is 0 Å². The number of amides is 1. The molecule has 3 atom stereocenters. The van der Waals surface area contributed by atoms with Gasteiger partial charge in [0.2, 0.25) is 5.91 Å². The Morgan fingerprint density at radius 3 is 2.67 bits per heavy atom. The van der Waals surface area contributed by atoms with Crippen molar-refractivity contribution in [2.75, 3.05) is 6.61 Å². The molecule has 1 rings (SSSR count). The van der Waals surface area contributed by atoms with Gasteiger partial charge in [-0.2, -0.15) is 0 Å². The standard InChI is InChI=1S/C11H20ClNO2/c1-5-15-9-6-8(11(9,3)4)13-10(14)7(2)12/h7-9H,5-6H2,1-4H3,(H,13,14). The molecule has 0 heterocycles. The van der Waals surface area contributed by atoms with E-state index in [1.54, 1.807) is 6.92 Å². The Hall–Kier alpha value is -0.280. The van der Waals surface area contributed by atoms with E-state index in [0.29, 0.717) is 0 Å². The summed E-state index contributed by atoms with van der Waals surface area (Å²) in [6, 6.07) is 0.183. The fourth-order valence-corrected chi connectivity index (χ4v) is 1.96. The molecule has 0 radical (unpaired) electrons. The molecule has 0 aromatic carbocycles. The molecular weight excluding hydrogens is 214 g/mol. The molecule has 3 nitrogen and oxygen atoms in total. The molecule has 0 bridgehead atoms. The Kier molecular flexibility index (Phi) is 4.01. The SMILES string of the molecule is CCOC1CC(NC(=O)C(C)Cl)C1(C)C. The van der Waals surface area contributed by atoms with Gasteiger partial charge in [0, 0.05) is 18.1 Å². The average molecular weight is 234 g/mol. The molecule has 15 heavy (non-hydrogen) atoms. The number of nitrogens with one attached hydrogen (secondary N) is 1. The van der Waals surface area contributed by atoms with E-state index in [1.807, 2.05) is 6.92 Å². The summed E-state index contributed by atoms with van der Waals surface area (Å²) in [6.45, 7) is 8.62. The van der Waals surface area contributed by atoms with Crippen LogP contribution in [0.25, 0.3) is 0 Å². The van der Waals surface area contributed by atoms with Crippen molar-refractivity contribution in [3.8, 4) is 0 Å². The monoisotopic (exact) mass is 233 g/mol. The van der Waals surface area contributed by atoms with Crippen LogP contribution < -0.4 is 5.32 Å². The average Bonchev–Trinajstić information content (AvgIpc) is 2.16. The predicted octanol–water partition coefficient (Wildman–Crippen LogP) is 1.93. The van der Waals surface area contributed by atoms with Crippen LogP contribution in [0, 0.1) is 5.41 Å². The molecule has 0 aliphatic heterocycles. The van der Waals surface area contributed by atoms with Crippen molar-refractivity contribution < 1.29 is 9.53 Å². The first-order chi connectivity index (χ1) is 6.89. The van der Waals surface area contributed by atoms with Crippen molar-refractivity contribution in [1.29, 1.82) is 0 Å². The number of alkyl halides is 1. The molecule has 1 amide bonds. The van der Waals surface area contributed by atoms with E-state index >= 15 is 0 Å². The molecule has 0 aromatic rings. The summed E-state index contributed by atoms with van der Waals surface area (Å²) in [6.07, 6.45) is 1.13. The third-order valence-corrected chi connectivity index (χ3v) is 3.42. The van der Waals surface area contributed by atoms with Crippen LogP contribution in [-0.2, 0) is 9.53 Å². The number of ether oxygens (including phenoxy) is 1. The molecule has 1 N–H and O–H groups in total. The summed E-state index contributed by atoms with van der Waals surface area (Å²) in [5.41, 5.74) is 0.0114. The van der Waals surface area contributed by atoms with Crippen molar-refractivity contribution in [3.63, 3.8) is 0 Å². The predicted molar refractivity (Wildman–Crippen MR) is 61.1 cm³/mol. The Balaban J connectivity index is 2.45. The minimum Gasteiger partial charge on any atom is -0.378 e. The summed E-state index contributed by atoms with van der Waals surface area (Å²) in [5, 5.41) is 2.48. The number of rotatable bonds is 4. The van der Waals surface area contributed by atoms with E-state index in [4.69, 9.17) is 16.3 Å². The molecule has 1 fully saturated rings. The second kappa shape index (κ2) is 4.71. The number of hydrogen-bond acceptors (Lipinski definition) is 2. The first kappa shape index (κ1) is 12.8. The summed E-state index contributed by atoms with van der Waals surface area (Å²) in [7, 11) is 0. The molecule has 0 saturated heterocycles. The van der Waals surface area contributed by atoms with Crippen LogP contribution in [-0.4, -0.2) is 30.0 Å². The normalized spacial score (nSPS) is 30.5. The summed E-state index contributed by atoms with van der Waals surface area (Å²) in [4.78, 5) is 11.4. The third kappa shape index (κ3) is 2.64. The van der Waals surface area contributed by atoms with Gasteiger partial charge in [-0.15, -0.1) is 11.6 Å². The molecular formula is C11H20ClNO2. The molecule has 1 saturated carbocycles. The topological polar surface area (TPSA) is 38.3 Å². The smallest absolute Gasteiger partial charge is 0.238 e. The molecule has 1 aliphatic rings. The zero-order valence-electron chi connectivity index (χ0n) is 9.84. The third-order valence-electron chi connectivity index (χ3n) is 3.22. The van der Waals surface area contributed by atoms with E-state index in [0.717, 1.165) is 13.0 Å². The Morgan fingerprint density at radius 1 is 1.67 bits per heavy atom. The minimum atomic E-state index is -0.466. The zero-order valence-corrected chi connectivity index (χ0v) is 10.6. The van der Waals surface area contributed by atoms with E-state index < -0.39 is 5.38 Å². The molecule has 88 valence electrons. The van der Waals surface area contributed by atoms with Gasteiger partial charge in [0.1, 0.15) is 5.38 Å². The van der Waals surface area contributed by atoms with E-state index in [1.165, 1.54) is 0 Å². The first-order valence-corrected chi connectivity index (χ1v) is 5.89. The van der Waals surface area contributed by atoms with Gasteiger partial charge in [0.15, 0.2) is 0 Å². The number of hydrogen-bond donors (Lipinski definition) is 1. The maximum Gasteiger partial charge on any atom is 0.238 e. The Bertz CT molecular complexity index is 241. The second-order valence-corrected chi connectivity index (χ2v) is 5.33. The number of carbonyl (C=O) groups is 1. The van der Waals surface area contributed by atoms with Crippen LogP contribution in [0.4, 0.5) is 0 Å². The van der Waals surface area contributed by atoms with Crippen molar-refractivity contribution >= 4 is 17.5 Å². The number of carbonyl (C=O) groups excluding carboxylic acids is 1. The Morgan fingerprint density at radius 2 is 2.27 bits per heavy atom. The van der Waals surface area contributed by atoms with Gasteiger partial charge in [-0.1, -0.05) is 13.8 Å². The highest BCUT2D eigenvalue weighted by molar-refractivity contribution is 6.30. The lowest BCUT2D eigenvalue weighted by Gasteiger charge is -2.51. The lowest BCUT2D eigenvalue weighted by molar-refractivity contribution is -0.136. The van der Waals surface area contributed by atoms with E-state index in [-0.39, 0.29) is 23.5 Å². The van der Waals surface area contributed by atoms with Gasteiger partial charge >= 0.3 is 0 Å². The van der Waals surface area contributed by atoms with Crippen LogP contribution >= 0.6 is 11.6 Å². The highest BCUT2D eigenvalue weighted by Gasteiger charge is 2.49. The molecule has 3 unspecified atom stereocenters. The minimum absolute atomic E-state index is 0.0114.